The van der Waals surface area contributed by atoms with Crippen molar-refractivity contribution in [2.75, 3.05) is 13.1 Å². The summed E-state index contributed by atoms with van der Waals surface area (Å²) < 4.78 is 0. The molecule has 9 heavy (non-hydrogen) atoms. The van der Waals surface area contributed by atoms with Crippen molar-refractivity contribution >= 4 is 5.91 Å². The van der Waals surface area contributed by atoms with Gasteiger partial charge in [0.25, 0.3) is 0 Å². The molecular weight excluding hydrogens is 116 g/mol. The number of carbonyl (C=O) groups is 1. The maximum Gasteiger partial charge on any atom is 0.234 e. The number of nitrogens with two attached hydrogens (primary N) is 1. The van der Waals surface area contributed by atoms with Crippen LogP contribution in [0.2, 0.25) is 0 Å². The Bertz CT molecular complexity index is 122. The number of carbonyl (C=O) groups excluding carboxylic acids is 1. The predicted octanol–water partition coefficient (Wildman–Crippen LogP) is -0.434. The summed E-state index contributed by atoms with van der Waals surface area (Å²) in [5, 5.41) is 0. The molecule has 1 amide bonds. The maximum absolute atomic E-state index is 10.5. The molecule has 1 aliphatic rings. The molecule has 0 unspecified atom stereocenters. The van der Waals surface area contributed by atoms with Gasteiger partial charge in [0.2, 0.25) is 5.91 Å². The molecule has 0 aromatic rings. The van der Waals surface area contributed by atoms with Crippen LogP contribution in [0.25, 0.3) is 0 Å². The minimum absolute atomic E-state index is 0.0370. The average Bonchev–Trinajstić information content (AvgIpc) is 1.61. The molecule has 0 spiro atoms. The summed E-state index contributed by atoms with van der Waals surface area (Å²) in [5.41, 5.74) is 5.08. The van der Waals surface area contributed by atoms with Gasteiger partial charge >= 0.3 is 0 Å². The first kappa shape index (κ1) is 6.55. The number of hydrogen-bond acceptors (Lipinski definition) is 2. The number of primary amides is 1. The minimum atomic E-state index is -0.178. The van der Waals surface area contributed by atoms with Gasteiger partial charge in [0, 0.05) is 6.54 Å². The Morgan fingerprint density at radius 3 is 2.67 bits per heavy atom. The van der Waals surface area contributed by atoms with E-state index in [1.807, 2.05) is 6.92 Å². The van der Waals surface area contributed by atoms with Crippen LogP contribution >= 0.6 is 0 Å². The van der Waals surface area contributed by atoms with Crippen LogP contribution in [0.15, 0.2) is 0 Å². The molecular formula is C6H12N2O. The fraction of sp³-hybridized carbons (Fsp3) is 0.833. The van der Waals surface area contributed by atoms with E-state index in [0.717, 1.165) is 19.5 Å². The molecule has 0 aromatic heterocycles. The van der Waals surface area contributed by atoms with Gasteiger partial charge in [-0.2, -0.15) is 0 Å². The lowest BCUT2D eigenvalue weighted by Crippen LogP contribution is -2.54. The second-order valence-corrected chi connectivity index (χ2v) is 2.34. The van der Waals surface area contributed by atoms with E-state index >= 15 is 0 Å². The van der Waals surface area contributed by atoms with Gasteiger partial charge < -0.3 is 5.73 Å². The molecule has 0 aliphatic carbocycles. The third-order valence-corrected chi connectivity index (χ3v) is 1.87. The molecule has 1 aliphatic heterocycles. The first-order valence-electron chi connectivity index (χ1n) is 3.29. The van der Waals surface area contributed by atoms with E-state index in [1.165, 1.54) is 0 Å². The van der Waals surface area contributed by atoms with Crippen molar-refractivity contribution < 1.29 is 4.79 Å². The molecule has 0 bridgehead atoms. The Balaban J connectivity index is 2.35. The number of rotatable bonds is 2. The standard InChI is InChI=1S/C6H12N2O/c1-2-8-4-3-5(8)6(7)9/h5H,2-4H2,1H3,(H2,7,9)/t5-/m0/s1. The molecule has 1 fully saturated rings. The quantitative estimate of drug-likeness (QED) is 0.548. The normalized spacial score (nSPS) is 27.4. The van der Waals surface area contributed by atoms with Gasteiger partial charge in [0.15, 0.2) is 0 Å². The van der Waals surface area contributed by atoms with Crippen LogP contribution in [0.1, 0.15) is 13.3 Å². The van der Waals surface area contributed by atoms with Gasteiger partial charge in [0.1, 0.15) is 0 Å². The SMILES string of the molecule is CCN1CC[C@H]1C(N)=O. The molecule has 3 nitrogen and oxygen atoms in total. The van der Waals surface area contributed by atoms with Crippen molar-refractivity contribution in [3.8, 4) is 0 Å². The number of nitrogens with zero attached hydrogens (tertiary/aromatic N) is 1. The van der Waals surface area contributed by atoms with Crippen LogP contribution in [0.3, 0.4) is 0 Å². The van der Waals surface area contributed by atoms with Crippen molar-refractivity contribution in [1.29, 1.82) is 0 Å². The zero-order valence-electron chi connectivity index (χ0n) is 5.63. The lowest BCUT2D eigenvalue weighted by molar-refractivity contribution is -0.127. The lowest BCUT2D eigenvalue weighted by atomic mass is 10.0. The molecule has 52 valence electrons. The number of hydrogen-bond donors (Lipinski definition) is 1. The van der Waals surface area contributed by atoms with Gasteiger partial charge in [-0.15, -0.1) is 0 Å². The highest BCUT2D eigenvalue weighted by Crippen LogP contribution is 2.14. The van der Waals surface area contributed by atoms with Crippen LogP contribution < -0.4 is 5.73 Å². The molecule has 0 radical (unpaired) electrons. The summed E-state index contributed by atoms with van der Waals surface area (Å²) in [5.74, 6) is -0.178. The lowest BCUT2D eigenvalue weighted by Gasteiger charge is -2.37. The largest absolute Gasteiger partial charge is 0.368 e. The molecule has 3 heteroatoms. The average molecular weight is 128 g/mol. The summed E-state index contributed by atoms with van der Waals surface area (Å²) in [7, 11) is 0. The van der Waals surface area contributed by atoms with Gasteiger partial charge in [-0.1, -0.05) is 6.92 Å². The zero-order chi connectivity index (χ0) is 6.85. The Labute approximate surface area is 54.8 Å². The van der Waals surface area contributed by atoms with Crippen molar-refractivity contribution in [3.63, 3.8) is 0 Å². The van der Waals surface area contributed by atoms with Gasteiger partial charge in [-0.05, 0) is 13.0 Å². The van der Waals surface area contributed by atoms with E-state index in [0.29, 0.717) is 0 Å². The van der Waals surface area contributed by atoms with Crippen molar-refractivity contribution in [3.05, 3.63) is 0 Å². The summed E-state index contributed by atoms with van der Waals surface area (Å²) in [6.07, 6.45) is 0.948. The van der Waals surface area contributed by atoms with Crippen LogP contribution in [-0.4, -0.2) is 29.9 Å². The second-order valence-electron chi connectivity index (χ2n) is 2.34. The third-order valence-electron chi connectivity index (χ3n) is 1.87. The number of likely N-dealkylation sites (tertiary alicyclic amines) is 1. The Morgan fingerprint density at radius 1 is 1.89 bits per heavy atom. The monoisotopic (exact) mass is 128 g/mol. The number of likely N-dealkylation sites (N-methyl/N-ethyl adjacent to an activating group) is 1. The van der Waals surface area contributed by atoms with E-state index in [1.54, 1.807) is 0 Å². The maximum atomic E-state index is 10.5. The molecule has 0 saturated carbocycles. The van der Waals surface area contributed by atoms with Crippen LogP contribution in [-0.2, 0) is 4.79 Å². The summed E-state index contributed by atoms with van der Waals surface area (Å²) >= 11 is 0. The summed E-state index contributed by atoms with van der Waals surface area (Å²) in [6, 6.07) is 0.0370. The van der Waals surface area contributed by atoms with E-state index in [4.69, 9.17) is 5.73 Å². The van der Waals surface area contributed by atoms with Crippen molar-refractivity contribution in [2.24, 2.45) is 5.73 Å². The molecule has 1 heterocycles. The second kappa shape index (κ2) is 2.35. The summed E-state index contributed by atoms with van der Waals surface area (Å²) in [6.45, 7) is 4.01. The molecule has 2 N–H and O–H groups in total. The van der Waals surface area contributed by atoms with E-state index in [2.05, 4.69) is 4.90 Å². The highest BCUT2D eigenvalue weighted by Gasteiger charge is 2.30. The van der Waals surface area contributed by atoms with E-state index in [9.17, 15) is 4.79 Å². The van der Waals surface area contributed by atoms with Crippen LogP contribution in [0, 0.1) is 0 Å². The number of amides is 1. The fourth-order valence-corrected chi connectivity index (χ4v) is 1.14. The molecule has 1 saturated heterocycles. The first-order valence-corrected chi connectivity index (χ1v) is 3.29. The van der Waals surface area contributed by atoms with E-state index in [-0.39, 0.29) is 11.9 Å². The Hall–Kier alpha value is -0.570. The van der Waals surface area contributed by atoms with Crippen molar-refractivity contribution in [1.82, 2.24) is 4.90 Å². The highest BCUT2D eigenvalue weighted by atomic mass is 16.1. The fourth-order valence-electron chi connectivity index (χ4n) is 1.14. The van der Waals surface area contributed by atoms with Gasteiger partial charge in [-0.3, -0.25) is 9.69 Å². The minimum Gasteiger partial charge on any atom is -0.368 e. The third kappa shape index (κ3) is 1.05. The zero-order valence-corrected chi connectivity index (χ0v) is 5.63. The van der Waals surface area contributed by atoms with Crippen molar-refractivity contribution in [2.45, 2.75) is 19.4 Å². The Morgan fingerprint density at radius 2 is 2.56 bits per heavy atom. The summed E-state index contributed by atoms with van der Waals surface area (Å²) in [4.78, 5) is 12.6. The van der Waals surface area contributed by atoms with Crippen LogP contribution in [0.4, 0.5) is 0 Å². The first-order chi connectivity index (χ1) is 4.25. The predicted molar refractivity (Wildman–Crippen MR) is 34.8 cm³/mol. The smallest absolute Gasteiger partial charge is 0.234 e. The molecule has 0 aromatic carbocycles. The van der Waals surface area contributed by atoms with Gasteiger partial charge in [-0.25, -0.2) is 0 Å². The molecule has 1 rings (SSSR count). The van der Waals surface area contributed by atoms with E-state index < -0.39 is 0 Å². The molecule has 1 atom stereocenters. The van der Waals surface area contributed by atoms with Crippen LogP contribution in [0.5, 0.6) is 0 Å². The Kier molecular flexibility index (Phi) is 1.71. The highest BCUT2D eigenvalue weighted by molar-refractivity contribution is 5.80. The topological polar surface area (TPSA) is 46.3 Å². The van der Waals surface area contributed by atoms with Gasteiger partial charge in [0.05, 0.1) is 6.04 Å².